The van der Waals surface area contributed by atoms with Crippen LogP contribution in [-0.4, -0.2) is 48.2 Å². The smallest absolute Gasteiger partial charge is 0.141 e. The van der Waals surface area contributed by atoms with Crippen LogP contribution >= 0.6 is 11.3 Å². The van der Waals surface area contributed by atoms with Crippen LogP contribution in [0, 0.1) is 11.6 Å². The highest BCUT2D eigenvalue weighted by Gasteiger charge is 2.23. The van der Waals surface area contributed by atoms with Gasteiger partial charge in [0.1, 0.15) is 34.4 Å². The molecule has 32 heavy (non-hydrogen) atoms. The lowest BCUT2D eigenvalue weighted by Crippen LogP contribution is -2.46. The zero-order valence-electron chi connectivity index (χ0n) is 17.6. The van der Waals surface area contributed by atoms with Gasteiger partial charge in [0.15, 0.2) is 0 Å². The highest BCUT2D eigenvalue weighted by atomic mass is 32.1. The van der Waals surface area contributed by atoms with Crippen LogP contribution in [0.25, 0.3) is 21.3 Å². The molecule has 0 spiro atoms. The molecule has 0 radical (unpaired) electrons. The first kappa shape index (κ1) is 20.8. The minimum absolute atomic E-state index is 0.254. The van der Waals surface area contributed by atoms with Gasteiger partial charge in [-0.2, -0.15) is 0 Å². The van der Waals surface area contributed by atoms with E-state index in [0.717, 1.165) is 58.9 Å². The average molecular weight is 453 g/mol. The Bertz CT molecular complexity index is 1240. The van der Waals surface area contributed by atoms with Crippen molar-refractivity contribution in [3.63, 3.8) is 0 Å². The second-order valence-electron chi connectivity index (χ2n) is 7.75. The Morgan fingerprint density at radius 1 is 0.969 bits per heavy atom. The summed E-state index contributed by atoms with van der Waals surface area (Å²) in [6, 6.07) is 11.2. The second-order valence-corrected chi connectivity index (χ2v) is 8.61. The van der Waals surface area contributed by atoms with Crippen molar-refractivity contribution in [2.24, 2.45) is 0 Å². The molecule has 0 atom stereocenters. The van der Waals surface area contributed by atoms with Crippen molar-refractivity contribution in [3.8, 4) is 16.9 Å². The maximum Gasteiger partial charge on any atom is 0.141 e. The lowest BCUT2D eigenvalue weighted by molar-refractivity contribution is 0.245. The number of rotatable bonds is 5. The first-order valence-electron chi connectivity index (χ1n) is 10.4. The van der Waals surface area contributed by atoms with E-state index >= 15 is 0 Å². The average Bonchev–Trinajstić information content (AvgIpc) is 3.25. The Morgan fingerprint density at radius 2 is 1.72 bits per heavy atom. The van der Waals surface area contributed by atoms with Crippen molar-refractivity contribution in [2.75, 3.05) is 38.2 Å². The number of thiophene rings is 1. The van der Waals surface area contributed by atoms with Crippen LogP contribution < -0.4 is 9.64 Å². The molecule has 1 aliphatic rings. The molecule has 0 aliphatic carbocycles. The monoisotopic (exact) mass is 452 g/mol. The third kappa shape index (κ3) is 4.03. The van der Waals surface area contributed by atoms with Crippen LogP contribution in [0.4, 0.5) is 14.6 Å². The third-order valence-electron chi connectivity index (χ3n) is 5.81. The summed E-state index contributed by atoms with van der Waals surface area (Å²) < 4.78 is 32.5. The number of fused-ring (bicyclic) bond motifs is 1. The summed E-state index contributed by atoms with van der Waals surface area (Å²) in [5.74, 6) is 1.09. The lowest BCUT2D eigenvalue weighted by atomic mass is 10.1. The number of hydrogen-bond acceptors (Lipinski definition) is 6. The molecule has 1 aliphatic heterocycles. The van der Waals surface area contributed by atoms with E-state index in [9.17, 15) is 8.78 Å². The van der Waals surface area contributed by atoms with E-state index in [2.05, 4.69) is 25.1 Å². The minimum atomic E-state index is -0.256. The maximum atomic E-state index is 13.7. The van der Waals surface area contributed by atoms with Crippen LogP contribution in [0.5, 0.6) is 5.75 Å². The van der Waals surface area contributed by atoms with E-state index in [1.165, 1.54) is 18.2 Å². The van der Waals surface area contributed by atoms with Crippen LogP contribution in [0.3, 0.4) is 0 Å². The van der Waals surface area contributed by atoms with Gasteiger partial charge in [-0.3, -0.25) is 4.90 Å². The summed E-state index contributed by atoms with van der Waals surface area (Å²) >= 11 is 1.57. The Morgan fingerprint density at radius 3 is 2.47 bits per heavy atom. The van der Waals surface area contributed by atoms with Crippen molar-refractivity contribution < 1.29 is 13.5 Å². The molecule has 0 N–H and O–H groups in total. The molecule has 5 nitrogen and oxygen atoms in total. The largest absolute Gasteiger partial charge is 0.496 e. The Kier molecular flexibility index (Phi) is 5.71. The molecule has 164 valence electrons. The minimum Gasteiger partial charge on any atom is -0.496 e. The normalized spacial score (nSPS) is 14.8. The summed E-state index contributed by atoms with van der Waals surface area (Å²) in [7, 11) is 1.61. The predicted octanol–water partition coefficient (Wildman–Crippen LogP) is 4.97. The number of nitrogens with zero attached hydrogens (tertiary/aromatic N) is 4. The van der Waals surface area contributed by atoms with Gasteiger partial charge in [0.05, 0.1) is 12.5 Å². The second kappa shape index (κ2) is 8.80. The number of aromatic nitrogens is 2. The first-order valence-corrected chi connectivity index (χ1v) is 11.3. The van der Waals surface area contributed by atoms with Gasteiger partial charge in [-0.25, -0.2) is 18.7 Å². The summed E-state index contributed by atoms with van der Waals surface area (Å²) in [6.07, 6.45) is 1.60. The Balaban J connectivity index is 1.37. The fraction of sp³-hybridized carbons (Fsp3) is 0.250. The van der Waals surface area contributed by atoms with E-state index < -0.39 is 0 Å². The number of benzene rings is 2. The first-order chi connectivity index (χ1) is 15.6. The van der Waals surface area contributed by atoms with Crippen molar-refractivity contribution in [3.05, 3.63) is 71.4 Å². The molecule has 0 bridgehead atoms. The molecule has 2 aromatic carbocycles. The third-order valence-corrected chi connectivity index (χ3v) is 6.70. The van der Waals surface area contributed by atoms with E-state index in [1.54, 1.807) is 49.0 Å². The number of methoxy groups -OCH3 is 1. The van der Waals surface area contributed by atoms with Gasteiger partial charge >= 0.3 is 0 Å². The van der Waals surface area contributed by atoms with E-state index in [0.29, 0.717) is 12.3 Å². The molecular formula is C24H22F2N4OS. The fourth-order valence-corrected chi connectivity index (χ4v) is 5.08. The lowest BCUT2D eigenvalue weighted by Gasteiger charge is -2.36. The summed E-state index contributed by atoms with van der Waals surface area (Å²) in [6.45, 7) is 3.86. The SMILES string of the molecule is COc1ccc(F)cc1CN1CCN(c2ncnc3scc(-c4ccc(F)cc4)c23)CC1. The van der Waals surface area contributed by atoms with Crippen LogP contribution in [0.2, 0.25) is 0 Å². The number of anilines is 1. The van der Waals surface area contributed by atoms with E-state index in [1.807, 2.05) is 0 Å². The molecule has 4 aromatic rings. The van der Waals surface area contributed by atoms with Crippen LogP contribution in [-0.2, 0) is 6.54 Å². The number of hydrogen-bond donors (Lipinski definition) is 0. The Labute approximate surface area is 188 Å². The van der Waals surface area contributed by atoms with Gasteiger partial charge < -0.3 is 9.64 Å². The van der Waals surface area contributed by atoms with Gasteiger partial charge in [0.2, 0.25) is 0 Å². The topological polar surface area (TPSA) is 41.5 Å². The summed E-state index contributed by atoms with van der Waals surface area (Å²) in [5.41, 5.74) is 2.82. The van der Waals surface area contributed by atoms with Gasteiger partial charge in [0, 0.05) is 49.2 Å². The van der Waals surface area contributed by atoms with Crippen LogP contribution in [0.1, 0.15) is 5.56 Å². The standard InChI is InChI=1S/C24H22F2N4OS/c1-31-21-7-6-19(26)12-17(21)13-29-8-10-30(11-9-29)23-22-20(14-32-24(22)28-15-27-23)16-2-4-18(25)5-3-16/h2-7,12,14-15H,8-11,13H2,1H3. The highest BCUT2D eigenvalue weighted by Crippen LogP contribution is 2.38. The zero-order valence-corrected chi connectivity index (χ0v) is 18.4. The molecule has 8 heteroatoms. The van der Waals surface area contributed by atoms with E-state index in [4.69, 9.17) is 4.74 Å². The molecule has 2 aromatic heterocycles. The molecule has 1 saturated heterocycles. The summed E-state index contributed by atoms with van der Waals surface area (Å²) in [5, 5.41) is 3.06. The molecule has 0 amide bonds. The number of halogens is 2. The van der Waals surface area contributed by atoms with E-state index in [-0.39, 0.29) is 11.6 Å². The van der Waals surface area contributed by atoms with Gasteiger partial charge in [-0.15, -0.1) is 11.3 Å². The fourth-order valence-electron chi connectivity index (χ4n) is 4.17. The van der Waals surface area contributed by atoms with Gasteiger partial charge in [-0.1, -0.05) is 12.1 Å². The molecule has 3 heterocycles. The number of piperazine rings is 1. The Hall–Kier alpha value is -3.10. The molecule has 0 unspecified atom stereocenters. The summed E-state index contributed by atoms with van der Waals surface area (Å²) in [4.78, 5) is 14.5. The number of ether oxygens (including phenoxy) is 1. The van der Waals surface area contributed by atoms with Crippen molar-refractivity contribution in [1.82, 2.24) is 14.9 Å². The molecule has 0 saturated carbocycles. The molecular weight excluding hydrogens is 430 g/mol. The van der Waals surface area contributed by atoms with Gasteiger partial charge in [-0.05, 0) is 35.9 Å². The van der Waals surface area contributed by atoms with Crippen molar-refractivity contribution in [1.29, 1.82) is 0 Å². The zero-order chi connectivity index (χ0) is 22.1. The van der Waals surface area contributed by atoms with Gasteiger partial charge in [0.25, 0.3) is 0 Å². The maximum absolute atomic E-state index is 13.7. The molecule has 1 fully saturated rings. The van der Waals surface area contributed by atoms with Crippen LogP contribution in [0.15, 0.2) is 54.2 Å². The molecule has 5 rings (SSSR count). The van der Waals surface area contributed by atoms with Crippen molar-refractivity contribution >= 4 is 27.4 Å². The highest BCUT2D eigenvalue weighted by molar-refractivity contribution is 7.17. The predicted molar refractivity (Wildman–Crippen MR) is 123 cm³/mol. The quantitative estimate of drug-likeness (QED) is 0.428. The van der Waals surface area contributed by atoms with Crippen molar-refractivity contribution in [2.45, 2.75) is 6.54 Å².